The van der Waals surface area contributed by atoms with Gasteiger partial charge in [-0.3, -0.25) is 4.79 Å². The van der Waals surface area contributed by atoms with E-state index in [1.807, 2.05) is 6.07 Å². The number of halogens is 3. The van der Waals surface area contributed by atoms with E-state index in [0.29, 0.717) is 5.56 Å². The number of ether oxygens (including phenoxy) is 1. The van der Waals surface area contributed by atoms with Crippen LogP contribution in [0.3, 0.4) is 0 Å². The Bertz CT molecular complexity index is 460. The SMILES string of the molecule is CC(=O)CC(C#N)c1ccc(OC(F)(F)F)cc1. The van der Waals surface area contributed by atoms with Gasteiger partial charge >= 0.3 is 6.36 Å². The van der Waals surface area contributed by atoms with Crippen molar-refractivity contribution in [3.05, 3.63) is 29.8 Å². The van der Waals surface area contributed by atoms with Gasteiger partial charge < -0.3 is 4.74 Å². The number of nitrogens with zero attached hydrogens (tertiary/aromatic N) is 1. The maximum atomic E-state index is 11.9. The van der Waals surface area contributed by atoms with Gasteiger partial charge in [0, 0.05) is 6.42 Å². The highest BCUT2D eigenvalue weighted by molar-refractivity contribution is 5.77. The van der Waals surface area contributed by atoms with Crippen LogP contribution >= 0.6 is 0 Å². The Hall–Kier alpha value is -2.03. The molecule has 1 aromatic carbocycles. The minimum Gasteiger partial charge on any atom is -0.406 e. The van der Waals surface area contributed by atoms with Gasteiger partial charge in [0.15, 0.2) is 0 Å². The Morgan fingerprint density at radius 1 is 1.39 bits per heavy atom. The number of carbonyl (C=O) groups is 1. The van der Waals surface area contributed by atoms with Gasteiger partial charge in [0.2, 0.25) is 0 Å². The largest absolute Gasteiger partial charge is 0.573 e. The Morgan fingerprint density at radius 3 is 2.33 bits per heavy atom. The first-order valence-corrected chi connectivity index (χ1v) is 5.06. The maximum absolute atomic E-state index is 11.9. The van der Waals surface area contributed by atoms with Gasteiger partial charge in [-0.15, -0.1) is 13.2 Å². The summed E-state index contributed by atoms with van der Waals surface area (Å²) in [5.74, 6) is -1.16. The number of rotatable bonds is 4. The molecular weight excluding hydrogens is 247 g/mol. The van der Waals surface area contributed by atoms with Crippen molar-refractivity contribution in [2.45, 2.75) is 25.6 Å². The average molecular weight is 257 g/mol. The molecular formula is C12H10F3NO2. The van der Waals surface area contributed by atoms with E-state index >= 15 is 0 Å². The molecule has 0 aliphatic carbocycles. The van der Waals surface area contributed by atoms with Gasteiger partial charge in [-0.1, -0.05) is 12.1 Å². The van der Waals surface area contributed by atoms with Crippen LogP contribution in [0.4, 0.5) is 13.2 Å². The fraction of sp³-hybridized carbons (Fsp3) is 0.333. The van der Waals surface area contributed by atoms with E-state index in [1.54, 1.807) is 0 Å². The molecule has 0 aliphatic rings. The molecule has 1 atom stereocenters. The van der Waals surface area contributed by atoms with E-state index in [4.69, 9.17) is 5.26 Å². The molecule has 0 bridgehead atoms. The number of carbonyl (C=O) groups excluding carboxylic acids is 1. The molecule has 1 aromatic rings. The summed E-state index contributed by atoms with van der Waals surface area (Å²) >= 11 is 0. The summed E-state index contributed by atoms with van der Waals surface area (Å²) in [6, 6.07) is 6.86. The van der Waals surface area contributed by atoms with Gasteiger partial charge in [-0.25, -0.2) is 0 Å². The van der Waals surface area contributed by atoms with E-state index in [-0.39, 0.29) is 18.0 Å². The number of alkyl halides is 3. The Balaban J connectivity index is 2.82. The number of ketones is 1. The Kier molecular flexibility index (Phi) is 4.32. The molecule has 0 spiro atoms. The van der Waals surface area contributed by atoms with Crippen LogP contribution in [0.5, 0.6) is 5.75 Å². The molecule has 3 nitrogen and oxygen atoms in total. The maximum Gasteiger partial charge on any atom is 0.573 e. The van der Waals surface area contributed by atoms with Gasteiger partial charge in [-0.05, 0) is 24.6 Å². The smallest absolute Gasteiger partial charge is 0.406 e. The standard InChI is InChI=1S/C12H10F3NO2/c1-8(17)6-10(7-16)9-2-4-11(5-3-9)18-12(13,14)15/h2-5,10H,6H2,1H3. The van der Waals surface area contributed by atoms with Crippen molar-refractivity contribution in [1.82, 2.24) is 0 Å². The van der Waals surface area contributed by atoms with Gasteiger partial charge in [-0.2, -0.15) is 5.26 Å². The molecule has 0 saturated carbocycles. The van der Waals surface area contributed by atoms with Crippen molar-refractivity contribution < 1.29 is 22.7 Å². The molecule has 0 radical (unpaired) electrons. The fourth-order valence-electron chi connectivity index (χ4n) is 1.43. The third kappa shape index (κ3) is 4.45. The third-order valence-corrected chi connectivity index (χ3v) is 2.16. The first-order valence-electron chi connectivity index (χ1n) is 5.06. The van der Waals surface area contributed by atoms with Gasteiger partial charge in [0.1, 0.15) is 11.5 Å². The van der Waals surface area contributed by atoms with Crippen molar-refractivity contribution in [2.24, 2.45) is 0 Å². The number of hydrogen-bond donors (Lipinski definition) is 0. The predicted molar refractivity (Wildman–Crippen MR) is 56.8 cm³/mol. The average Bonchev–Trinajstić information content (AvgIpc) is 2.24. The van der Waals surface area contributed by atoms with Crippen molar-refractivity contribution >= 4 is 5.78 Å². The minimum atomic E-state index is -4.74. The summed E-state index contributed by atoms with van der Waals surface area (Å²) in [5, 5.41) is 8.87. The second-order valence-electron chi connectivity index (χ2n) is 3.70. The Labute approximate surface area is 102 Å². The molecule has 0 amide bonds. The Morgan fingerprint density at radius 2 is 1.94 bits per heavy atom. The summed E-state index contributed by atoms with van der Waals surface area (Å²) in [6.45, 7) is 1.35. The lowest BCUT2D eigenvalue weighted by molar-refractivity contribution is -0.274. The molecule has 0 aromatic heterocycles. The fourth-order valence-corrected chi connectivity index (χ4v) is 1.43. The minimum absolute atomic E-state index is 0.0377. The molecule has 1 rings (SSSR count). The molecule has 0 aliphatic heterocycles. The number of nitriles is 1. The second-order valence-corrected chi connectivity index (χ2v) is 3.70. The summed E-state index contributed by atoms with van der Waals surface area (Å²) in [6.07, 6.45) is -4.70. The van der Waals surface area contributed by atoms with Crippen LogP contribution in [0, 0.1) is 11.3 Å². The summed E-state index contributed by atoms with van der Waals surface area (Å²) in [7, 11) is 0. The molecule has 0 fully saturated rings. The van der Waals surface area contributed by atoms with Crippen LogP contribution in [0.15, 0.2) is 24.3 Å². The highest BCUT2D eigenvalue weighted by Gasteiger charge is 2.31. The molecule has 6 heteroatoms. The van der Waals surface area contributed by atoms with E-state index in [0.717, 1.165) is 12.1 Å². The highest BCUT2D eigenvalue weighted by Crippen LogP contribution is 2.26. The number of hydrogen-bond acceptors (Lipinski definition) is 3. The second kappa shape index (κ2) is 5.54. The van der Waals surface area contributed by atoms with E-state index in [1.165, 1.54) is 19.1 Å². The first kappa shape index (κ1) is 14.0. The molecule has 18 heavy (non-hydrogen) atoms. The van der Waals surface area contributed by atoms with Crippen LogP contribution in [0.2, 0.25) is 0 Å². The highest BCUT2D eigenvalue weighted by atomic mass is 19.4. The predicted octanol–water partition coefficient (Wildman–Crippen LogP) is 3.17. The lowest BCUT2D eigenvalue weighted by Gasteiger charge is -2.11. The molecule has 1 unspecified atom stereocenters. The zero-order valence-corrected chi connectivity index (χ0v) is 9.49. The molecule has 0 heterocycles. The van der Waals surface area contributed by atoms with Crippen LogP contribution in [-0.4, -0.2) is 12.1 Å². The van der Waals surface area contributed by atoms with E-state index in [2.05, 4.69) is 4.74 Å². The van der Waals surface area contributed by atoms with Crippen molar-refractivity contribution in [3.63, 3.8) is 0 Å². The quantitative estimate of drug-likeness (QED) is 0.832. The lowest BCUT2D eigenvalue weighted by Crippen LogP contribution is -2.17. The monoisotopic (exact) mass is 257 g/mol. The first-order chi connectivity index (χ1) is 8.31. The van der Waals surface area contributed by atoms with Gasteiger partial charge in [0.25, 0.3) is 0 Å². The summed E-state index contributed by atoms with van der Waals surface area (Å²) < 4.78 is 39.5. The van der Waals surface area contributed by atoms with Crippen LogP contribution in [0.1, 0.15) is 24.8 Å². The molecule has 0 N–H and O–H groups in total. The van der Waals surface area contributed by atoms with Crippen molar-refractivity contribution in [2.75, 3.05) is 0 Å². The van der Waals surface area contributed by atoms with Crippen LogP contribution < -0.4 is 4.74 Å². The summed E-state index contributed by atoms with van der Waals surface area (Å²) in [4.78, 5) is 10.9. The zero-order chi connectivity index (χ0) is 13.8. The summed E-state index contributed by atoms with van der Waals surface area (Å²) in [5.41, 5.74) is 0.488. The lowest BCUT2D eigenvalue weighted by atomic mass is 9.95. The van der Waals surface area contributed by atoms with Crippen molar-refractivity contribution in [3.8, 4) is 11.8 Å². The van der Waals surface area contributed by atoms with E-state index in [9.17, 15) is 18.0 Å². The van der Waals surface area contributed by atoms with Crippen LogP contribution in [-0.2, 0) is 4.79 Å². The topological polar surface area (TPSA) is 50.1 Å². The molecule has 96 valence electrons. The van der Waals surface area contributed by atoms with Crippen molar-refractivity contribution in [1.29, 1.82) is 5.26 Å². The molecule has 0 saturated heterocycles. The third-order valence-electron chi connectivity index (χ3n) is 2.16. The number of benzene rings is 1. The van der Waals surface area contributed by atoms with Crippen LogP contribution in [0.25, 0.3) is 0 Å². The number of Topliss-reactive ketones (excluding diaryl/α,β-unsaturated/α-hetero) is 1. The van der Waals surface area contributed by atoms with E-state index < -0.39 is 12.3 Å². The normalized spacial score (nSPS) is 12.6. The zero-order valence-electron chi connectivity index (χ0n) is 9.49. The van der Waals surface area contributed by atoms with Gasteiger partial charge in [0.05, 0.1) is 12.0 Å².